The number of nitrogens with two attached hydrogens (primary N) is 1. The van der Waals surface area contributed by atoms with E-state index in [-0.39, 0.29) is 11.3 Å². The number of primary amides is 1. The van der Waals surface area contributed by atoms with Crippen molar-refractivity contribution in [2.24, 2.45) is 5.73 Å². The maximum absolute atomic E-state index is 11.0. The third-order valence-corrected chi connectivity index (χ3v) is 3.43. The molecule has 3 N–H and O–H groups in total. The van der Waals surface area contributed by atoms with Gasteiger partial charge >= 0.3 is 0 Å². The fraction of sp³-hybridized carbons (Fsp3) is 0.364. The number of amides is 1. The van der Waals surface area contributed by atoms with Crippen LogP contribution >= 0.6 is 11.8 Å². The number of nitrogens with one attached hydrogen (secondary N) is 1. The SMILES string of the molecule is CSC(C)CNc1ccc(C(N)=O)cc1[N+](=O)[O-]. The van der Waals surface area contributed by atoms with Crippen molar-refractivity contribution in [3.8, 4) is 0 Å². The first-order valence-electron chi connectivity index (χ1n) is 5.30. The number of nitro groups is 1. The molecule has 98 valence electrons. The summed E-state index contributed by atoms with van der Waals surface area (Å²) in [6, 6.07) is 4.17. The summed E-state index contributed by atoms with van der Waals surface area (Å²) in [4.78, 5) is 21.4. The normalized spacial score (nSPS) is 11.9. The van der Waals surface area contributed by atoms with Gasteiger partial charge in [0.2, 0.25) is 5.91 Å². The van der Waals surface area contributed by atoms with Gasteiger partial charge < -0.3 is 11.1 Å². The number of rotatable bonds is 6. The van der Waals surface area contributed by atoms with Gasteiger partial charge in [-0.05, 0) is 18.4 Å². The molecule has 1 aromatic carbocycles. The van der Waals surface area contributed by atoms with Crippen molar-refractivity contribution in [1.29, 1.82) is 0 Å². The van der Waals surface area contributed by atoms with Crippen LogP contribution < -0.4 is 11.1 Å². The Balaban J connectivity index is 2.97. The van der Waals surface area contributed by atoms with E-state index in [0.29, 0.717) is 17.5 Å². The van der Waals surface area contributed by atoms with Crippen molar-refractivity contribution in [3.05, 3.63) is 33.9 Å². The minimum Gasteiger partial charge on any atom is -0.378 e. The number of nitro benzene ring substituents is 1. The number of benzene rings is 1. The number of hydrogen-bond acceptors (Lipinski definition) is 5. The molecule has 1 atom stereocenters. The van der Waals surface area contributed by atoms with Crippen LogP contribution in [0.2, 0.25) is 0 Å². The number of thioether (sulfide) groups is 1. The predicted molar refractivity (Wildman–Crippen MR) is 73.1 cm³/mol. The number of anilines is 1. The van der Waals surface area contributed by atoms with Gasteiger partial charge in [-0.2, -0.15) is 11.8 Å². The monoisotopic (exact) mass is 269 g/mol. The molecule has 0 aliphatic rings. The smallest absolute Gasteiger partial charge is 0.293 e. The number of hydrogen-bond donors (Lipinski definition) is 2. The van der Waals surface area contributed by atoms with E-state index in [4.69, 9.17) is 5.73 Å². The minimum absolute atomic E-state index is 0.130. The fourth-order valence-electron chi connectivity index (χ4n) is 1.32. The van der Waals surface area contributed by atoms with E-state index in [1.807, 2.05) is 13.2 Å². The lowest BCUT2D eigenvalue weighted by Crippen LogP contribution is -2.15. The first-order chi connectivity index (χ1) is 8.45. The second kappa shape index (κ2) is 6.25. The summed E-state index contributed by atoms with van der Waals surface area (Å²) >= 11 is 1.66. The average molecular weight is 269 g/mol. The van der Waals surface area contributed by atoms with E-state index < -0.39 is 10.8 Å². The van der Waals surface area contributed by atoms with Gasteiger partial charge in [-0.1, -0.05) is 6.92 Å². The Morgan fingerprint density at radius 3 is 2.78 bits per heavy atom. The highest BCUT2D eigenvalue weighted by Gasteiger charge is 2.16. The highest BCUT2D eigenvalue weighted by Crippen LogP contribution is 2.25. The number of carbonyl (C=O) groups is 1. The Hall–Kier alpha value is -1.76. The van der Waals surface area contributed by atoms with Gasteiger partial charge in [0.25, 0.3) is 5.69 Å². The molecule has 0 heterocycles. The molecule has 0 aromatic heterocycles. The van der Waals surface area contributed by atoms with Crippen LogP contribution in [-0.2, 0) is 0 Å². The lowest BCUT2D eigenvalue weighted by molar-refractivity contribution is -0.384. The molecule has 18 heavy (non-hydrogen) atoms. The van der Waals surface area contributed by atoms with E-state index in [1.54, 1.807) is 11.8 Å². The second-order valence-corrected chi connectivity index (χ2v) is 5.06. The summed E-state index contributed by atoms with van der Waals surface area (Å²) in [6.07, 6.45) is 1.97. The highest BCUT2D eigenvalue weighted by molar-refractivity contribution is 7.99. The van der Waals surface area contributed by atoms with Gasteiger partial charge in [0, 0.05) is 23.4 Å². The summed E-state index contributed by atoms with van der Waals surface area (Å²) in [5.74, 6) is -0.679. The summed E-state index contributed by atoms with van der Waals surface area (Å²) in [7, 11) is 0. The van der Waals surface area contributed by atoms with Crippen LogP contribution in [-0.4, -0.2) is 28.9 Å². The summed E-state index contributed by atoms with van der Waals surface area (Å²) < 4.78 is 0. The van der Waals surface area contributed by atoms with E-state index >= 15 is 0 Å². The number of carbonyl (C=O) groups excluding carboxylic acids is 1. The topological polar surface area (TPSA) is 98.3 Å². The highest BCUT2D eigenvalue weighted by atomic mass is 32.2. The van der Waals surface area contributed by atoms with Gasteiger partial charge in [0.05, 0.1) is 4.92 Å². The average Bonchev–Trinajstić information content (AvgIpc) is 2.35. The summed E-state index contributed by atoms with van der Waals surface area (Å²) in [5, 5.41) is 14.2. The zero-order valence-corrected chi connectivity index (χ0v) is 11.0. The van der Waals surface area contributed by atoms with Crippen molar-refractivity contribution >= 4 is 29.0 Å². The van der Waals surface area contributed by atoms with Gasteiger partial charge in [-0.3, -0.25) is 14.9 Å². The fourth-order valence-corrected chi connectivity index (χ4v) is 1.57. The van der Waals surface area contributed by atoms with Crippen molar-refractivity contribution in [1.82, 2.24) is 0 Å². The molecule has 6 nitrogen and oxygen atoms in total. The van der Waals surface area contributed by atoms with Crippen LogP contribution in [0.4, 0.5) is 11.4 Å². The van der Waals surface area contributed by atoms with E-state index in [1.165, 1.54) is 18.2 Å². The maximum atomic E-state index is 11.0. The summed E-state index contributed by atoms with van der Waals surface area (Å²) in [6.45, 7) is 2.62. The Kier molecular flexibility index (Phi) is 4.96. The molecule has 0 spiro atoms. The minimum atomic E-state index is -0.679. The molecule has 1 unspecified atom stereocenters. The van der Waals surface area contributed by atoms with E-state index in [9.17, 15) is 14.9 Å². The lowest BCUT2D eigenvalue weighted by Gasteiger charge is -2.11. The van der Waals surface area contributed by atoms with Gasteiger partial charge in [0.1, 0.15) is 5.69 Å². The molecule has 0 fully saturated rings. The second-order valence-electron chi connectivity index (χ2n) is 3.78. The van der Waals surface area contributed by atoms with Crippen LogP contribution in [0.25, 0.3) is 0 Å². The van der Waals surface area contributed by atoms with Crippen LogP contribution in [0.3, 0.4) is 0 Å². The van der Waals surface area contributed by atoms with Crippen molar-refractivity contribution in [3.63, 3.8) is 0 Å². The van der Waals surface area contributed by atoms with E-state index in [0.717, 1.165) is 0 Å². The van der Waals surface area contributed by atoms with Gasteiger partial charge in [-0.25, -0.2) is 0 Å². The Labute approximate surface area is 109 Å². The molecule has 0 aliphatic heterocycles. The van der Waals surface area contributed by atoms with Crippen LogP contribution in [0.1, 0.15) is 17.3 Å². The van der Waals surface area contributed by atoms with Crippen molar-refractivity contribution in [2.45, 2.75) is 12.2 Å². The van der Waals surface area contributed by atoms with Crippen LogP contribution in [0, 0.1) is 10.1 Å². The molecule has 1 aromatic rings. The van der Waals surface area contributed by atoms with Crippen molar-refractivity contribution in [2.75, 3.05) is 18.1 Å². The molecular weight excluding hydrogens is 254 g/mol. The molecule has 7 heteroatoms. The van der Waals surface area contributed by atoms with Crippen LogP contribution in [0.5, 0.6) is 0 Å². The zero-order valence-electron chi connectivity index (χ0n) is 10.2. The zero-order chi connectivity index (χ0) is 13.7. The Morgan fingerprint density at radius 1 is 1.61 bits per heavy atom. The molecular formula is C11H15N3O3S. The third kappa shape index (κ3) is 3.63. The molecule has 0 saturated carbocycles. The first kappa shape index (κ1) is 14.3. The predicted octanol–water partition coefficient (Wildman–Crippen LogP) is 1.86. The van der Waals surface area contributed by atoms with Crippen LogP contribution in [0.15, 0.2) is 18.2 Å². The largest absolute Gasteiger partial charge is 0.378 e. The number of nitrogens with zero attached hydrogens (tertiary/aromatic N) is 1. The maximum Gasteiger partial charge on any atom is 0.293 e. The first-order valence-corrected chi connectivity index (χ1v) is 6.59. The third-order valence-electron chi connectivity index (χ3n) is 2.46. The van der Waals surface area contributed by atoms with E-state index in [2.05, 4.69) is 5.32 Å². The standard InChI is InChI=1S/C11H15N3O3S/c1-7(18-2)6-13-9-4-3-8(11(12)15)5-10(9)14(16)17/h3-5,7,13H,6H2,1-2H3,(H2,12,15). The summed E-state index contributed by atoms with van der Waals surface area (Å²) in [5.41, 5.74) is 5.48. The molecule has 0 saturated heterocycles. The molecule has 1 rings (SSSR count). The molecule has 0 aliphatic carbocycles. The lowest BCUT2D eigenvalue weighted by atomic mass is 10.1. The Bertz CT molecular complexity index is 465. The van der Waals surface area contributed by atoms with Gasteiger partial charge in [-0.15, -0.1) is 0 Å². The molecule has 0 bridgehead atoms. The van der Waals surface area contributed by atoms with Crippen molar-refractivity contribution < 1.29 is 9.72 Å². The Morgan fingerprint density at radius 2 is 2.28 bits per heavy atom. The molecule has 1 amide bonds. The quantitative estimate of drug-likeness (QED) is 0.606. The molecule has 0 radical (unpaired) electrons. The van der Waals surface area contributed by atoms with Gasteiger partial charge in [0.15, 0.2) is 0 Å².